The van der Waals surface area contributed by atoms with Crippen LogP contribution in [-0.2, 0) is 6.54 Å². The first kappa shape index (κ1) is 16.5. The molecular formula is C19H23F2N3O. The van der Waals surface area contributed by atoms with Crippen molar-refractivity contribution in [2.45, 2.75) is 44.7 Å². The third-order valence-corrected chi connectivity index (χ3v) is 5.75. The Morgan fingerprint density at radius 2 is 1.92 bits per heavy atom. The van der Waals surface area contributed by atoms with Crippen molar-refractivity contribution in [2.24, 2.45) is 5.41 Å². The fourth-order valence-electron chi connectivity index (χ4n) is 4.21. The second kappa shape index (κ2) is 6.41. The number of halogens is 2. The Kier molecular flexibility index (Phi) is 4.23. The average Bonchev–Trinajstić information content (AvgIpc) is 3.18. The van der Waals surface area contributed by atoms with Crippen LogP contribution in [0.4, 0.5) is 14.6 Å². The molecule has 1 N–H and O–H groups in total. The van der Waals surface area contributed by atoms with E-state index >= 15 is 0 Å². The Morgan fingerprint density at radius 3 is 2.56 bits per heavy atom. The number of hydrogen-bond donors (Lipinski definition) is 1. The number of benzene rings is 1. The molecule has 1 saturated heterocycles. The molecule has 1 atom stereocenters. The molecule has 6 heteroatoms. The quantitative estimate of drug-likeness (QED) is 0.897. The lowest BCUT2D eigenvalue weighted by Gasteiger charge is -2.41. The van der Waals surface area contributed by atoms with E-state index in [2.05, 4.69) is 10.00 Å². The van der Waals surface area contributed by atoms with Crippen molar-refractivity contribution >= 4 is 5.82 Å². The van der Waals surface area contributed by atoms with Gasteiger partial charge in [0.25, 0.3) is 0 Å². The molecule has 2 heterocycles. The molecule has 0 spiro atoms. The molecule has 25 heavy (non-hydrogen) atoms. The second-order valence-electron chi connectivity index (χ2n) is 7.41. The van der Waals surface area contributed by atoms with Crippen LogP contribution in [0.15, 0.2) is 30.5 Å². The number of rotatable bonds is 5. The Balaban J connectivity index is 1.62. The van der Waals surface area contributed by atoms with Crippen LogP contribution >= 0.6 is 0 Å². The molecule has 2 aliphatic rings. The van der Waals surface area contributed by atoms with Gasteiger partial charge < -0.3 is 10.0 Å². The van der Waals surface area contributed by atoms with Crippen molar-refractivity contribution in [2.75, 3.05) is 18.1 Å². The maximum Gasteiger partial charge on any atom is 0.127 e. The van der Waals surface area contributed by atoms with Gasteiger partial charge in [-0.2, -0.15) is 5.10 Å². The minimum atomic E-state index is -0.538. The van der Waals surface area contributed by atoms with E-state index in [1.54, 1.807) is 6.20 Å². The number of aliphatic hydroxyl groups is 1. The van der Waals surface area contributed by atoms with E-state index in [-0.39, 0.29) is 18.1 Å². The van der Waals surface area contributed by atoms with Crippen LogP contribution in [0.2, 0.25) is 0 Å². The highest BCUT2D eigenvalue weighted by molar-refractivity contribution is 5.44. The maximum atomic E-state index is 13.6. The van der Waals surface area contributed by atoms with Crippen molar-refractivity contribution < 1.29 is 13.9 Å². The minimum Gasteiger partial charge on any atom is -0.396 e. The highest BCUT2D eigenvalue weighted by Gasteiger charge is 2.38. The van der Waals surface area contributed by atoms with E-state index < -0.39 is 11.6 Å². The summed E-state index contributed by atoms with van der Waals surface area (Å²) in [5.74, 6) is -0.111. The topological polar surface area (TPSA) is 41.3 Å². The molecule has 4 rings (SSSR count). The summed E-state index contributed by atoms with van der Waals surface area (Å²) >= 11 is 0. The van der Waals surface area contributed by atoms with Crippen LogP contribution in [-0.4, -0.2) is 28.0 Å². The van der Waals surface area contributed by atoms with E-state index in [0.29, 0.717) is 12.1 Å². The summed E-state index contributed by atoms with van der Waals surface area (Å²) in [4.78, 5) is 2.19. The van der Waals surface area contributed by atoms with Gasteiger partial charge in [-0.15, -0.1) is 0 Å². The van der Waals surface area contributed by atoms with Gasteiger partial charge in [0, 0.05) is 24.1 Å². The lowest BCUT2D eigenvalue weighted by atomic mass is 9.69. The van der Waals surface area contributed by atoms with Crippen LogP contribution in [0.25, 0.3) is 0 Å². The summed E-state index contributed by atoms with van der Waals surface area (Å²) in [5.41, 5.74) is 0.601. The molecule has 0 radical (unpaired) electrons. The second-order valence-corrected chi connectivity index (χ2v) is 7.41. The monoisotopic (exact) mass is 347 g/mol. The van der Waals surface area contributed by atoms with Crippen molar-refractivity contribution in [3.05, 3.63) is 47.7 Å². The van der Waals surface area contributed by atoms with Crippen LogP contribution in [0.3, 0.4) is 0 Å². The summed E-state index contributed by atoms with van der Waals surface area (Å²) in [6, 6.07) is 5.67. The molecule has 0 amide bonds. The molecule has 2 aromatic rings. The average molecular weight is 347 g/mol. The molecular weight excluding hydrogens is 324 g/mol. The Hall–Kier alpha value is -1.95. The number of aromatic nitrogens is 2. The molecule has 1 aromatic carbocycles. The zero-order valence-corrected chi connectivity index (χ0v) is 14.2. The van der Waals surface area contributed by atoms with Gasteiger partial charge in [0.2, 0.25) is 0 Å². The van der Waals surface area contributed by atoms with Crippen molar-refractivity contribution in [3.8, 4) is 0 Å². The lowest BCUT2D eigenvalue weighted by molar-refractivity contribution is 0.0246. The minimum absolute atomic E-state index is 0.0490. The van der Waals surface area contributed by atoms with Crippen LogP contribution < -0.4 is 4.90 Å². The normalized spacial score (nSPS) is 22.2. The van der Waals surface area contributed by atoms with Gasteiger partial charge in [-0.25, -0.2) is 13.5 Å². The molecule has 0 bridgehead atoms. The Morgan fingerprint density at radius 1 is 1.16 bits per heavy atom. The summed E-state index contributed by atoms with van der Waals surface area (Å²) in [7, 11) is 0. The number of anilines is 1. The summed E-state index contributed by atoms with van der Waals surface area (Å²) in [6.07, 6.45) is 6.77. The molecule has 1 aliphatic heterocycles. The summed E-state index contributed by atoms with van der Waals surface area (Å²) in [5, 5.41) is 14.2. The molecule has 2 fully saturated rings. The van der Waals surface area contributed by atoms with Gasteiger partial charge >= 0.3 is 0 Å². The fraction of sp³-hybridized carbons (Fsp3) is 0.526. The first-order valence-corrected chi connectivity index (χ1v) is 8.96. The maximum absolute atomic E-state index is 13.6. The Labute approximate surface area is 146 Å². The fourth-order valence-corrected chi connectivity index (χ4v) is 4.21. The van der Waals surface area contributed by atoms with Gasteiger partial charge in [0.1, 0.15) is 17.5 Å². The van der Waals surface area contributed by atoms with E-state index in [1.165, 1.54) is 12.1 Å². The first-order chi connectivity index (χ1) is 12.1. The highest BCUT2D eigenvalue weighted by Crippen LogP contribution is 2.43. The van der Waals surface area contributed by atoms with Crippen molar-refractivity contribution in [1.29, 1.82) is 0 Å². The molecule has 134 valence electrons. The van der Waals surface area contributed by atoms with Gasteiger partial charge in [-0.05, 0) is 43.4 Å². The van der Waals surface area contributed by atoms with Crippen molar-refractivity contribution in [1.82, 2.24) is 9.78 Å². The lowest BCUT2D eigenvalue weighted by Crippen LogP contribution is -2.39. The van der Waals surface area contributed by atoms with E-state index in [1.807, 2.05) is 10.7 Å². The predicted molar refractivity (Wildman–Crippen MR) is 91.3 cm³/mol. The Bertz CT molecular complexity index is 731. The number of nitrogens with zero attached hydrogens (tertiary/aromatic N) is 3. The number of aliphatic hydroxyl groups excluding tert-OH is 1. The molecule has 0 unspecified atom stereocenters. The third-order valence-electron chi connectivity index (χ3n) is 5.75. The van der Waals surface area contributed by atoms with Crippen LogP contribution in [0, 0.1) is 17.0 Å². The first-order valence-electron chi connectivity index (χ1n) is 8.96. The summed E-state index contributed by atoms with van der Waals surface area (Å²) < 4.78 is 29.2. The van der Waals surface area contributed by atoms with Crippen LogP contribution in [0.1, 0.15) is 43.7 Å². The third kappa shape index (κ3) is 3.03. The number of hydrogen-bond acceptors (Lipinski definition) is 3. The van der Waals surface area contributed by atoms with Gasteiger partial charge in [0.05, 0.1) is 25.4 Å². The standard InChI is InChI=1S/C19H23F2N3O/c20-15-9-14(10-16(21)11-15)17-3-1-8-23(17)18-4-7-22-24(18)12-19(13-25)5-2-6-19/h4,7,9-11,17,25H,1-3,5-6,8,12-13H2/t17-/m1/s1. The largest absolute Gasteiger partial charge is 0.396 e. The zero-order chi connectivity index (χ0) is 17.4. The highest BCUT2D eigenvalue weighted by atomic mass is 19.1. The van der Waals surface area contributed by atoms with E-state index in [4.69, 9.17) is 0 Å². The van der Waals surface area contributed by atoms with Gasteiger partial charge in [-0.3, -0.25) is 0 Å². The molecule has 1 aromatic heterocycles. The van der Waals surface area contributed by atoms with Gasteiger partial charge in [0.15, 0.2) is 0 Å². The van der Waals surface area contributed by atoms with Crippen molar-refractivity contribution in [3.63, 3.8) is 0 Å². The molecule has 1 aliphatic carbocycles. The van der Waals surface area contributed by atoms with E-state index in [0.717, 1.165) is 50.5 Å². The predicted octanol–water partition coefficient (Wildman–Crippen LogP) is 3.67. The molecule has 4 nitrogen and oxygen atoms in total. The SMILES string of the molecule is OCC1(Cn2nccc2N2CCC[C@@H]2c2cc(F)cc(F)c2)CCC1. The smallest absolute Gasteiger partial charge is 0.127 e. The zero-order valence-electron chi connectivity index (χ0n) is 14.2. The van der Waals surface area contributed by atoms with Gasteiger partial charge in [-0.1, -0.05) is 6.42 Å². The van der Waals surface area contributed by atoms with Crippen LogP contribution in [0.5, 0.6) is 0 Å². The summed E-state index contributed by atoms with van der Waals surface area (Å²) in [6.45, 7) is 1.69. The van der Waals surface area contributed by atoms with E-state index in [9.17, 15) is 13.9 Å². The molecule has 1 saturated carbocycles.